The first-order valence-electron chi connectivity index (χ1n) is 8.47. The van der Waals surface area contributed by atoms with E-state index >= 15 is 0 Å². The lowest BCUT2D eigenvalue weighted by Crippen LogP contribution is -2.08. The number of aromatic nitrogens is 4. The van der Waals surface area contributed by atoms with Crippen LogP contribution in [0.1, 0.15) is 18.2 Å². The second-order valence-corrected chi connectivity index (χ2v) is 6.26. The molecule has 0 spiro atoms. The molecule has 1 aromatic carbocycles. The van der Waals surface area contributed by atoms with Crippen LogP contribution >= 0.6 is 11.6 Å². The number of halogens is 1. The van der Waals surface area contributed by atoms with Gasteiger partial charge in [-0.05, 0) is 38.1 Å². The van der Waals surface area contributed by atoms with E-state index in [4.69, 9.17) is 16.3 Å². The van der Waals surface area contributed by atoms with Gasteiger partial charge in [0.05, 0.1) is 24.3 Å². The van der Waals surface area contributed by atoms with Crippen LogP contribution in [0.2, 0.25) is 5.02 Å². The van der Waals surface area contributed by atoms with Crippen LogP contribution in [0.3, 0.4) is 0 Å². The Bertz CT molecular complexity index is 961. The van der Waals surface area contributed by atoms with E-state index in [1.54, 1.807) is 41.5 Å². The van der Waals surface area contributed by atoms with Gasteiger partial charge in [0.15, 0.2) is 6.73 Å². The van der Waals surface area contributed by atoms with E-state index in [2.05, 4.69) is 15.5 Å². The van der Waals surface area contributed by atoms with Crippen molar-refractivity contribution in [2.45, 2.75) is 27.1 Å². The Morgan fingerprint density at radius 2 is 2.19 bits per heavy atom. The first-order valence-corrected chi connectivity index (χ1v) is 8.85. The molecule has 0 saturated heterocycles. The molecule has 7 nitrogen and oxygen atoms in total. The first kappa shape index (κ1) is 18.7. The fourth-order valence-corrected chi connectivity index (χ4v) is 2.67. The van der Waals surface area contributed by atoms with Crippen LogP contribution in [0, 0.1) is 6.92 Å². The van der Waals surface area contributed by atoms with Crippen LogP contribution in [0.25, 0.3) is 6.08 Å². The quantitative estimate of drug-likeness (QED) is 0.628. The fourth-order valence-electron chi connectivity index (χ4n) is 2.49. The van der Waals surface area contributed by atoms with Crippen molar-refractivity contribution in [3.05, 3.63) is 65.2 Å². The number of rotatable bonds is 7. The predicted molar refractivity (Wildman–Crippen MR) is 105 cm³/mol. The third-order valence-electron chi connectivity index (χ3n) is 3.92. The Morgan fingerprint density at radius 3 is 2.93 bits per heavy atom. The average molecular weight is 386 g/mol. The van der Waals surface area contributed by atoms with Gasteiger partial charge in [0.2, 0.25) is 5.91 Å². The predicted octanol–water partition coefficient (Wildman–Crippen LogP) is 3.75. The number of nitrogens with zero attached hydrogens (tertiary/aromatic N) is 4. The molecular formula is C19H20ClN5O2. The third kappa shape index (κ3) is 4.98. The van der Waals surface area contributed by atoms with Crippen molar-refractivity contribution < 1.29 is 9.53 Å². The Morgan fingerprint density at radius 1 is 1.33 bits per heavy atom. The maximum atomic E-state index is 12.1. The Kier molecular flexibility index (Phi) is 5.93. The number of anilines is 1. The highest BCUT2D eigenvalue weighted by Crippen LogP contribution is 2.17. The number of hydrogen-bond acceptors (Lipinski definition) is 4. The van der Waals surface area contributed by atoms with Crippen LogP contribution in [0.5, 0.6) is 5.75 Å². The van der Waals surface area contributed by atoms with E-state index in [9.17, 15) is 4.79 Å². The first-order chi connectivity index (χ1) is 13.0. The van der Waals surface area contributed by atoms with Gasteiger partial charge in [-0.15, -0.1) is 0 Å². The van der Waals surface area contributed by atoms with E-state index in [0.29, 0.717) is 16.5 Å². The molecule has 0 aliphatic heterocycles. The number of nitrogens with one attached hydrogen (secondary N) is 1. The van der Waals surface area contributed by atoms with E-state index in [-0.39, 0.29) is 12.6 Å². The van der Waals surface area contributed by atoms with Crippen LogP contribution in [-0.4, -0.2) is 25.5 Å². The number of aryl methyl sites for hydroxylation is 1. The maximum absolute atomic E-state index is 12.1. The summed E-state index contributed by atoms with van der Waals surface area (Å²) < 4.78 is 9.06. The van der Waals surface area contributed by atoms with Gasteiger partial charge >= 0.3 is 0 Å². The molecule has 27 heavy (non-hydrogen) atoms. The summed E-state index contributed by atoms with van der Waals surface area (Å²) >= 11 is 5.92. The lowest BCUT2D eigenvalue weighted by molar-refractivity contribution is -0.111. The second-order valence-electron chi connectivity index (χ2n) is 5.82. The molecule has 1 N–H and O–H groups in total. The number of carbonyl (C=O) groups is 1. The minimum absolute atomic E-state index is 0.210. The van der Waals surface area contributed by atoms with E-state index in [1.165, 1.54) is 6.08 Å². The Labute approximate surface area is 162 Å². The molecule has 2 aromatic heterocycles. The smallest absolute Gasteiger partial charge is 0.248 e. The molecule has 0 unspecified atom stereocenters. The third-order valence-corrected chi connectivity index (χ3v) is 4.15. The van der Waals surface area contributed by atoms with Gasteiger partial charge in [-0.1, -0.05) is 17.7 Å². The van der Waals surface area contributed by atoms with Gasteiger partial charge in [0.1, 0.15) is 5.75 Å². The largest absolute Gasteiger partial charge is 0.471 e. The molecule has 140 valence electrons. The molecular weight excluding hydrogens is 366 g/mol. The van der Waals surface area contributed by atoms with Crippen LogP contribution < -0.4 is 10.1 Å². The molecule has 3 rings (SSSR count). The SMILES string of the molecule is CCn1ncc(/C=C/C(=O)Nc2cnn(COc3cccc(Cl)c3)c2)c1C. The summed E-state index contributed by atoms with van der Waals surface area (Å²) in [4.78, 5) is 12.1. The molecule has 0 aliphatic rings. The number of carbonyl (C=O) groups excluding carboxylic acids is 1. The summed E-state index contributed by atoms with van der Waals surface area (Å²) in [6.45, 7) is 5.00. The molecule has 8 heteroatoms. The summed E-state index contributed by atoms with van der Waals surface area (Å²) in [7, 11) is 0. The van der Waals surface area contributed by atoms with Crippen molar-refractivity contribution in [3.8, 4) is 5.75 Å². The van der Waals surface area contributed by atoms with Gasteiger partial charge < -0.3 is 10.1 Å². The standard InChI is InChI=1S/C19H20ClN5O2/c1-3-25-14(2)15(10-22-25)7-8-19(26)23-17-11-21-24(12-17)13-27-18-6-4-5-16(20)9-18/h4-12H,3,13H2,1-2H3,(H,23,26)/b8-7+. The lowest BCUT2D eigenvalue weighted by atomic mass is 10.2. The zero-order valence-electron chi connectivity index (χ0n) is 15.1. The molecule has 0 bridgehead atoms. The van der Waals surface area contributed by atoms with Crippen molar-refractivity contribution >= 4 is 29.3 Å². The summed E-state index contributed by atoms with van der Waals surface area (Å²) in [5.41, 5.74) is 2.52. The minimum Gasteiger partial charge on any atom is -0.471 e. The summed E-state index contributed by atoms with van der Waals surface area (Å²) in [5.74, 6) is 0.406. The number of hydrogen-bond donors (Lipinski definition) is 1. The number of benzene rings is 1. The van der Waals surface area contributed by atoms with Gasteiger partial charge in [-0.25, -0.2) is 4.68 Å². The molecule has 2 heterocycles. The zero-order valence-corrected chi connectivity index (χ0v) is 15.8. The van der Waals surface area contributed by atoms with Crippen LogP contribution in [-0.2, 0) is 18.1 Å². The molecule has 0 saturated carbocycles. The lowest BCUT2D eigenvalue weighted by Gasteiger charge is -2.06. The molecule has 3 aromatic rings. The summed E-state index contributed by atoms with van der Waals surface area (Å²) in [6.07, 6.45) is 8.22. The fraction of sp³-hybridized carbons (Fsp3) is 0.211. The minimum atomic E-state index is -0.242. The summed E-state index contributed by atoms with van der Waals surface area (Å²) in [6, 6.07) is 7.12. The Hall–Kier alpha value is -3.06. The van der Waals surface area contributed by atoms with Crippen molar-refractivity contribution in [3.63, 3.8) is 0 Å². The normalized spacial score (nSPS) is 11.1. The highest BCUT2D eigenvalue weighted by Gasteiger charge is 2.05. The Balaban J connectivity index is 1.54. The van der Waals surface area contributed by atoms with Crippen molar-refractivity contribution in [1.29, 1.82) is 0 Å². The molecule has 0 aliphatic carbocycles. The highest BCUT2D eigenvalue weighted by atomic mass is 35.5. The van der Waals surface area contributed by atoms with E-state index in [0.717, 1.165) is 17.8 Å². The monoisotopic (exact) mass is 385 g/mol. The molecule has 0 atom stereocenters. The number of amides is 1. The van der Waals surface area contributed by atoms with Crippen LogP contribution in [0.15, 0.2) is 48.9 Å². The number of ether oxygens (including phenoxy) is 1. The van der Waals surface area contributed by atoms with E-state index < -0.39 is 0 Å². The molecule has 0 radical (unpaired) electrons. The molecule has 1 amide bonds. The molecule has 0 fully saturated rings. The van der Waals surface area contributed by atoms with Gasteiger partial charge in [-0.3, -0.25) is 9.48 Å². The van der Waals surface area contributed by atoms with Gasteiger partial charge in [-0.2, -0.15) is 10.2 Å². The van der Waals surface area contributed by atoms with Crippen molar-refractivity contribution in [2.75, 3.05) is 5.32 Å². The second kappa shape index (κ2) is 8.55. The highest BCUT2D eigenvalue weighted by molar-refractivity contribution is 6.30. The van der Waals surface area contributed by atoms with Gasteiger partial charge in [0.25, 0.3) is 0 Å². The van der Waals surface area contributed by atoms with Crippen LogP contribution in [0.4, 0.5) is 5.69 Å². The van der Waals surface area contributed by atoms with Crippen molar-refractivity contribution in [1.82, 2.24) is 19.6 Å². The van der Waals surface area contributed by atoms with Crippen molar-refractivity contribution in [2.24, 2.45) is 0 Å². The topological polar surface area (TPSA) is 74.0 Å². The zero-order chi connectivity index (χ0) is 19.2. The van der Waals surface area contributed by atoms with Gasteiger partial charge in [0, 0.05) is 28.9 Å². The maximum Gasteiger partial charge on any atom is 0.248 e. The summed E-state index contributed by atoms with van der Waals surface area (Å²) in [5, 5.41) is 11.8. The van der Waals surface area contributed by atoms with E-state index in [1.807, 2.05) is 30.7 Å². The average Bonchev–Trinajstić information content (AvgIpc) is 3.24.